The molecule has 2 aliphatic heterocycles. The lowest BCUT2D eigenvalue weighted by atomic mass is 9.62. The number of fused-ring (bicyclic) bond motifs is 14. The third kappa shape index (κ3) is 4.90. The molecule has 5 heteroatoms. The average Bonchev–Trinajstić information content (AvgIpc) is 3.88. The number of hydrogen-bond acceptors (Lipinski definition) is 3. The molecule has 1 atom stereocenters. The van der Waals surface area contributed by atoms with Crippen molar-refractivity contribution in [2.75, 3.05) is 0 Å². The van der Waals surface area contributed by atoms with Crippen molar-refractivity contribution in [1.82, 2.24) is 19.1 Å². The highest BCUT2D eigenvalue weighted by Crippen LogP contribution is 2.61. The van der Waals surface area contributed by atoms with Crippen LogP contribution in [0, 0.1) is 0 Å². The first-order valence-corrected chi connectivity index (χ1v) is 22.6. The summed E-state index contributed by atoms with van der Waals surface area (Å²) in [5.41, 5.74) is 16.7. The van der Waals surface area contributed by atoms with Gasteiger partial charge in [-0.15, -0.1) is 0 Å². The molecule has 1 spiro atoms. The van der Waals surface area contributed by atoms with E-state index in [-0.39, 0.29) is 0 Å². The van der Waals surface area contributed by atoms with E-state index >= 15 is 0 Å². The molecule has 9 aromatic carbocycles. The Bertz CT molecular complexity index is 3810. The Labute approximate surface area is 373 Å². The predicted molar refractivity (Wildman–Crippen MR) is 263 cm³/mol. The van der Waals surface area contributed by atoms with Crippen LogP contribution in [0.1, 0.15) is 22.3 Å². The van der Waals surface area contributed by atoms with Gasteiger partial charge in [-0.3, -0.25) is 0 Å². The molecular formula is C59H36N4S. The summed E-state index contributed by atoms with van der Waals surface area (Å²) in [6, 6.07) is 79.6. The molecule has 0 N–H and O–H groups in total. The van der Waals surface area contributed by atoms with Crippen molar-refractivity contribution < 1.29 is 0 Å². The van der Waals surface area contributed by atoms with E-state index in [1.807, 2.05) is 23.9 Å². The second-order valence-electron chi connectivity index (χ2n) is 16.9. The number of nitrogens with zero attached hydrogens (tertiary/aromatic N) is 4. The quantitative estimate of drug-likeness (QED) is 0.177. The molecule has 3 aromatic heterocycles. The van der Waals surface area contributed by atoms with E-state index in [2.05, 4.69) is 215 Å². The lowest BCUT2D eigenvalue weighted by molar-refractivity contribution is 0.690. The monoisotopic (exact) mass is 832 g/mol. The predicted octanol–water partition coefficient (Wildman–Crippen LogP) is 14.8. The van der Waals surface area contributed by atoms with Gasteiger partial charge in [0.2, 0.25) is 0 Å². The lowest BCUT2D eigenvalue weighted by Gasteiger charge is -2.45. The van der Waals surface area contributed by atoms with Gasteiger partial charge in [-0.05, 0) is 89.0 Å². The number of rotatable bonds is 4. The van der Waals surface area contributed by atoms with E-state index in [4.69, 9.17) is 9.97 Å². The molecule has 0 amide bonds. The first-order valence-electron chi connectivity index (χ1n) is 21.8. The molecule has 5 heterocycles. The molecule has 0 bridgehead atoms. The normalized spacial score (nSPS) is 14.9. The second-order valence-corrected chi connectivity index (χ2v) is 18.0. The van der Waals surface area contributed by atoms with Crippen LogP contribution in [0.15, 0.2) is 228 Å². The summed E-state index contributed by atoms with van der Waals surface area (Å²) in [5, 5.41) is 5.03. The van der Waals surface area contributed by atoms with Crippen LogP contribution in [0.5, 0.6) is 0 Å². The van der Waals surface area contributed by atoms with Gasteiger partial charge >= 0.3 is 0 Å². The van der Waals surface area contributed by atoms with E-state index < -0.39 is 5.41 Å². The van der Waals surface area contributed by atoms with Gasteiger partial charge in [-0.2, -0.15) is 0 Å². The van der Waals surface area contributed by atoms with Crippen molar-refractivity contribution in [2.24, 2.45) is 0 Å². The molecule has 298 valence electrons. The van der Waals surface area contributed by atoms with Gasteiger partial charge < -0.3 is 9.13 Å². The van der Waals surface area contributed by atoms with Crippen molar-refractivity contribution in [3.8, 4) is 45.3 Å². The topological polar surface area (TPSA) is 35.6 Å². The van der Waals surface area contributed by atoms with Crippen molar-refractivity contribution in [3.63, 3.8) is 0 Å². The molecule has 12 aromatic rings. The first kappa shape index (κ1) is 35.6. The Balaban J connectivity index is 1.01. The van der Waals surface area contributed by atoms with Gasteiger partial charge in [0.05, 0.1) is 44.6 Å². The summed E-state index contributed by atoms with van der Waals surface area (Å²) in [6.45, 7) is 0. The van der Waals surface area contributed by atoms with Gasteiger partial charge in [0.15, 0.2) is 5.82 Å². The third-order valence-electron chi connectivity index (χ3n) is 13.6. The molecule has 2 aliphatic rings. The molecule has 0 saturated heterocycles. The summed E-state index contributed by atoms with van der Waals surface area (Å²) in [6.07, 6.45) is 0. The molecule has 0 saturated carbocycles. The van der Waals surface area contributed by atoms with E-state index in [1.165, 1.54) is 81.3 Å². The molecular weight excluding hydrogens is 797 g/mol. The second kappa shape index (κ2) is 13.5. The first-order chi connectivity index (χ1) is 31.7. The Hall–Kier alpha value is -7.99. The van der Waals surface area contributed by atoms with Gasteiger partial charge in [0, 0.05) is 53.7 Å². The van der Waals surface area contributed by atoms with Crippen LogP contribution in [0.2, 0.25) is 0 Å². The summed E-state index contributed by atoms with van der Waals surface area (Å²) < 4.78 is 4.97. The van der Waals surface area contributed by atoms with E-state index in [0.717, 1.165) is 33.8 Å². The molecule has 0 radical (unpaired) electrons. The summed E-state index contributed by atoms with van der Waals surface area (Å²) in [5.74, 6) is 0.697. The Kier molecular flexibility index (Phi) is 7.51. The summed E-state index contributed by atoms with van der Waals surface area (Å²) in [7, 11) is 0. The zero-order valence-corrected chi connectivity index (χ0v) is 35.3. The van der Waals surface area contributed by atoms with Crippen LogP contribution < -0.4 is 0 Å². The third-order valence-corrected chi connectivity index (χ3v) is 14.7. The SMILES string of the molecule is c1ccc(-c2cc(-c3ccccc3)nc(-c3ccc(-n4c5ccccc5c5cc6c(cc54)C4(c5ccccc5S6)c5ccccc5-n5c6ccccc6c6cccc4c65)cc3)n2)cc1. The van der Waals surface area contributed by atoms with Gasteiger partial charge in [-0.25, -0.2) is 9.97 Å². The Morgan fingerprint density at radius 3 is 1.67 bits per heavy atom. The van der Waals surface area contributed by atoms with Crippen LogP contribution in [0.25, 0.3) is 88.9 Å². The smallest absolute Gasteiger partial charge is 0.160 e. The summed E-state index contributed by atoms with van der Waals surface area (Å²) in [4.78, 5) is 12.9. The van der Waals surface area contributed by atoms with Crippen molar-refractivity contribution in [3.05, 3.63) is 241 Å². The maximum atomic E-state index is 5.15. The van der Waals surface area contributed by atoms with E-state index in [9.17, 15) is 0 Å². The Morgan fingerprint density at radius 2 is 0.938 bits per heavy atom. The van der Waals surface area contributed by atoms with Gasteiger partial charge in [0.25, 0.3) is 0 Å². The van der Waals surface area contributed by atoms with Crippen LogP contribution in [0.4, 0.5) is 0 Å². The van der Waals surface area contributed by atoms with Crippen molar-refractivity contribution >= 4 is 55.4 Å². The fraction of sp³-hybridized carbons (Fsp3) is 0.0169. The molecule has 1 unspecified atom stereocenters. The largest absolute Gasteiger partial charge is 0.309 e. The standard InChI is InChI=1S/C59H36N4S/c1-3-16-37(17-4-1)49-36-50(38-18-5-2-6-19-38)61-58(60-49)39-30-32-40(33-31-39)62-51-26-11-8-21-42(51)44-34-56-48(35-54(44)62)59(46-24-10-14-29-55(46)64-56)45-23-9-13-28-53(45)63-52-27-12-7-20-41(52)43-22-15-25-47(59)57(43)63/h1-36H. The molecule has 0 fully saturated rings. The zero-order valence-electron chi connectivity index (χ0n) is 34.5. The highest BCUT2D eigenvalue weighted by atomic mass is 32.2. The zero-order chi connectivity index (χ0) is 41.9. The minimum Gasteiger partial charge on any atom is -0.309 e. The van der Waals surface area contributed by atoms with Crippen LogP contribution >= 0.6 is 11.8 Å². The fourth-order valence-electron chi connectivity index (χ4n) is 10.9. The van der Waals surface area contributed by atoms with Crippen LogP contribution in [0.3, 0.4) is 0 Å². The van der Waals surface area contributed by atoms with E-state index in [0.29, 0.717) is 5.82 Å². The number of hydrogen-bond donors (Lipinski definition) is 0. The number of benzene rings is 9. The average molecular weight is 833 g/mol. The number of para-hydroxylation sites is 4. The maximum absolute atomic E-state index is 5.15. The minimum atomic E-state index is -0.575. The highest BCUT2D eigenvalue weighted by molar-refractivity contribution is 7.99. The van der Waals surface area contributed by atoms with Gasteiger partial charge in [0.1, 0.15) is 0 Å². The summed E-state index contributed by atoms with van der Waals surface area (Å²) >= 11 is 1.90. The highest BCUT2D eigenvalue weighted by Gasteiger charge is 2.49. The molecule has 14 rings (SSSR count). The molecule has 64 heavy (non-hydrogen) atoms. The number of aromatic nitrogens is 4. The lowest BCUT2D eigenvalue weighted by Crippen LogP contribution is -2.37. The molecule has 0 aliphatic carbocycles. The van der Waals surface area contributed by atoms with Crippen molar-refractivity contribution in [1.29, 1.82) is 0 Å². The van der Waals surface area contributed by atoms with Crippen molar-refractivity contribution in [2.45, 2.75) is 15.2 Å². The van der Waals surface area contributed by atoms with Crippen LogP contribution in [-0.4, -0.2) is 19.1 Å². The van der Waals surface area contributed by atoms with E-state index in [1.54, 1.807) is 0 Å². The minimum absolute atomic E-state index is 0.575. The van der Waals surface area contributed by atoms with Crippen LogP contribution in [-0.2, 0) is 5.41 Å². The maximum Gasteiger partial charge on any atom is 0.160 e. The fourth-order valence-corrected chi connectivity index (χ4v) is 12.1. The Morgan fingerprint density at radius 1 is 0.359 bits per heavy atom. The van der Waals surface area contributed by atoms with Gasteiger partial charge in [-0.1, -0.05) is 163 Å². The molecule has 4 nitrogen and oxygen atoms in total.